The number of benzene rings is 1. The van der Waals surface area contributed by atoms with Crippen molar-refractivity contribution >= 4 is 5.95 Å². The molecule has 4 nitrogen and oxygen atoms in total. The van der Waals surface area contributed by atoms with Crippen LogP contribution < -0.4 is 10.6 Å². The summed E-state index contributed by atoms with van der Waals surface area (Å²) in [5, 5.41) is 6.68. The minimum Gasteiger partial charge on any atom is -0.350 e. The van der Waals surface area contributed by atoms with Crippen LogP contribution in [-0.4, -0.2) is 29.1 Å². The van der Waals surface area contributed by atoms with Gasteiger partial charge < -0.3 is 10.6 Å². The van der Waals surface area contributed by atoms with E-state index in [0.29, 0.717) is 12.0 Å². The second kappa shape index (κ2) is 6.01. The fourth-order valence-electron chi connectivity index (χ4n) is 2.44. The van der Waals surface area contributed by atoms with Crippen molar-refractivity contribution in [2.24, 2.45) is 0 Å². The van der Waals surface area contributed by atoms with E-state index in [1.807, 2.05) is 12.4 Å². The summed E-state index contributed by atoms with van der Waals surface area (Å²) < 4.78 is 0. The Bertz CT molecular complexity index is 542. The largest absolute Gasteiger partial charge is 0.350 e. The molecule has 104 valence electrons. The average Bonchev–Trinajstić information content (AvgIpc) is 3.01. The lowest BCUT2D eigenvalue weighted by Gasteiger charge is -2.11. The lowest BCUT2D eigenvalue weighted by Crippen LogP contribution is -2.23. The molecule has 1 aliphatic rings. The monoisotopic (exact) mass is 268 g/mol. The van der Waals surface area contributed by atoms with E-state index in [1.54, 1.807) is 0 Å². The van der Waals surface area contributed by atoms with Crippen molar-refractivity contribution < 1.29 is 0 Å². The Labute approximate surface area is 119 Å². The van der Waals surface area contributed by atoms with Crippen LogP contribution in [0.4, 0.5) is 5.95 Å². The number of rotatable bonds is 4. The Morgan fingerprint density at radius 1 is 1.15 bits per heavy atom. The minimum atomic E-state index is 0.449. The third-order valence-electron chi connectivity index (χ3n) is 3.74. The van der Waals surface area contributed by atoms with Crippen LogP contribution in [0.1, 0.15) is 18.9 Å². The molecule has 0 radical (unpaired) electrons. The molecule has 1 saturated heterocycles. The predicted molar refractivity (Wildman–Crippen MR) is 81.7 cm³/mol. The summed E-state index contributed by atoms with van der Waals surface area (Å²) in [4.78, 5) is 8.82. The molecule has 1 unspecified atom stereocenters. The van der Waals surface area contributed by atoms with Crippen molar-refractivity contribution in [2.75, 3.05) is 18.4 Å². The van der Waals surface area contributed by atoms with E-state index in [-0.39, 0.29) is 0 Å². The number of nitrogens with zero attached hydrogens (tertiary/aromatic N) is 2. The fraction of sp³-hybridized carbons (Fsp3) is 0.375. The summed E-state index contributed by atoms with van der Waals surface area (Å²) in [5.74, 6) is 0.715. The molecule has 2 N–H and O–H groups in total. The summed E-state index contributed by atoms with van der Waals surface area (Å²) in [6.07, 6.45) is 5.97. The van der Waals surface area contributed by atoms with E-state index in [2.05, 4.69) is 51.8 Å². The van der Waals surface area contributed by atoms with Gasteiger partial charge in [-0.2, -0.15) is 0 Å². The van der Waals surface area contributed by atoms with E-state index in [9.17, 15) is 0 Å². The predicted octanol–water partition coefficient (Wildman–Crippen LogP) is 2.48. The smallest absolute Gasteiger partial charge is 0.222 e. The highest BCUT2D eigenvalue weighted by Crippen LogP contribution is 2.19. The molecule has 1 aromatic carbocycles. The van der Waals surface area contributed by atoms with Gasteiger partial charge in [-0.05, 0) is 30.5 Å². The molecule has 2 aromatic rings. The first kappa shape index (κ1) is 13.1. The van der Waals surface area contributed by atoms with E-state index in [4.69, 9.17) is 0 Å². The molecule has 3 rings (SSSR count). The van der Waals surface area contributed by atoms with Gasteiger partial charge in [-0.15, -0.1) is 0 Å². The van der Waals surface area contributed by atoms with E-state index >= 15 is 0 Å². The lowest BCUT2D eigenvalue weighted by atomic mass is 10.1. The number of hydrogen-bond donors (Lipinski definition) is 2. The molecule has 2 heterocycles. The van der Waals surface area contributed by atoms with Gasteiger partial charge in [0.15, 0.2) is 0 Å². The molecule has 20 heavy (non-hydrogen) atoms. The molecule has 1 fully saturated rings. The first-order valence-electron chi connectivity index (χ1n) is 7.24. The van der Waals surface area contributed by atoms with Gasteiger partial charge >= 0.3 is 0 Å². The minimum absolute atomic E-state index is 0.449. The number of aromatic nitrogens is 2. The van der Waals surface area contributed by atoms with Crippen LogP contribution in [0.2, 0.25) is 0 Å². The van der Waals surface area contributed by atoms with Crippen LogP contribution in [0.25, 0.3) is 11.1 Å². The summed E-state index contributed by atoms with van der Waals surface area (Å²) in [7, 11) is 0. The molecule has 1 aliphatic heterocycles. The molecule has 0 bridgehead atoms. The molecular formula is C16H20N4. The van der Waals surface area contributed by atoms with Gasteiger partial charge in [-0.25, -0.2) is 9.97 Å². The number of aryl methyl sites for hydroxylation is 1. The molecule has 0 amide bonds. The van der Waals surface area contributed by atoms with E-state index in [1.165, 1.54) is 5.56 Å². The Morgan fingerprint density at radius 2 is 1.90 bits per heavy atom. The van der Waals surface area contributed by atoms with Crippen molar-refractivity contribution in [1.82, 2.24) is 15.3 Å². The summed E-state index contributed by atoms with van der Waals surface area (Å²) in [5.41, 5.74) is 3.57. The number of hydrogen-bond acceptors (Lipinski definition) is 4. The highest BCUT2D eigenvalue weighted by Gasteiger charge is 2.14. The van der Waals surface area contributed by atoms with Gasteiger partial charge in [-0.3, -0.25) is 0 Å². The lowest BCUT2D eigenvalue weighted by molar-refractivity contribution is 0.780. The van der Waals surface area contributed by atoms with Crippen molar-refractivity contribution in [2.45, 2.75) is 25.8 Å². The third-order valence-corrected chi connectivity index (χ3v) is 3.74. The molecule has 4 heteroatoms. The summed E-state index contributed by atoms with van der Waals surface area (Å²) >= 11 is 0. The maximum atomic E-state index is 4.41. The highest BCUT2D eigenvalue weighted by atomic mass is 15.1. The molecule has 0 spiro atoms. The maximum Gasteiger partial charge on any atom is 0.222 e. The SMILES string of the molecule is CCc1ccc(-c2cnc(NC3CCNC3)nc2)cc1. The standard InChI is InChI=1S/C16H20N4/c1-2-12-3-5-13(6-4-12)14-9-18-16(19-10-14)20-15-7-8-17-11-15/h3-6,9-10,15,17H,2,7-8,11H2,1H3,(H,18,19,20). The average molecular weight is 268 g/mol. The molecule has 1 aromatic heterocycles. The second-order valence-corrected chi connectivity index (χ2v) is 5.18. The van der Waals surface area contributed by atoms with Gasteiger partial charge in [0.05, 0.1) is 0 Å². The molecule has 0 saturated carbocycles. The number of anilines is 1. The molecule has 0 aliphatic carbocycles. The van der Waals surface area contributed by atoms with Gasteiger partial charge in [0.2, 0.25) is 5.95 Å². The van der Waals surface area contributed by atoms with Crippen molar-refractivity contribution in [3.63, 3.8) is 0 Å². The Balaban J connectivity index is 1.71. The Hall–Kier alpha value is -1.94. The zero-order valence-corrected chi connectivity index (χ0v) is 11.8. The van der Waals surface area contributed by atoms with Crippen LogP contribution in [0.15, 0.2) is 36.7 Å². The third kappa shape index (κ3) is 2.96. The van der Waals surface area contributed by atoms with Crippen LogP contribution >= 0.6 is 0 Å². The van der Waals surface area contributed by atoms with Crippen LogP contribution in [0.5, 0.6) is 0 Å². The van der Waals surface area contributed by atoms with Gasteiger partial charge in [0, 0.05) is 30.5 Å². The van der Waals surface area contributed by atoms with Gasteiger partial charge in [-0.1, -0.05) is 31.2 Å². The van der Waals surface area contributed by atoms with Gasteiger partial charge in [0.25, 0.3) is 0 Å². The Morgan fingerprint density at radius 3 is 2.50 bits per heavy atom. The van der Waals surface area contributed by atoms with Crippen LogP contribution in [0, 0.1) is 0 Å². The fourth-order valence-corrected chi connectivity index (χ4v) is 2.44. The van der Waals surface area contributed by atoms with Crippen molar-refractivity contribution in [1.29, 1.82) is 0 Å². The van der Waals surface area contributed by atoms with Crippen LogP contribution in [0.3, 0.4) is 0 Å². The van der Waals surface area contributed by atoms with E-state index < -0.39 is 0 Å². The highest BCUT2D eigenvalue weighted by molar-refractivity contribution is 5.62. The zero-order chi connectivity index (χ0) is 13.8. The Kier molecular flexibility index (Phi) is 3.92. The summed E-state index contributed by atoms with van der Waals surface area (Å²) in [6.45, 7) is 4.22. The van der Waals surface area contributed by atoms with Crippen molar-refractivity contribution in [3.8, 4) is 11.1 Å². The summed E-state index contributed by atoms with van der Waals surface area (Å²) in [6, 6.07) is 9.03. The molecule has 1 atom stereocenters. The maximum absolute atomic E-state index is 4.41. The molecular weight excluding hydrogens is 248 g/mol. The van der Waals surface area contributed by atoms with Gasteiger partial charge in [0.1, 0.15) is 0 Å². The van der Waals surface area contributed by atoms with E-state index in [0.717, 1.165) is 37.1 Å². The first-order valence-corrected chi connectivity index (χ1v) is 7.24. The second-order valence-electron chi connectivity index (χ2n) is 5.18. The topological polar surface area (TPSA) is 49.8 Å². The quantitative estimate of drug-likeness (QED) is 0.894. The first-order chi connectivity index (χ1) is 9.85. The number of nitrogens with one attached hydrogen (secondary N) is 2. The van der Waals surface area contributed by atoms with Crippen LogP contribution in [-0.2, 0) is 6.42 Å². The zero-order valence-electron chi connectivity index (χ0n) is 11.8. The van der Waals surface area contributed by atoms with Crippen molar-refractivity contribution in [3.05, 3.63) is 42.2 Å². The normalized spacial score (nSPS) is 18.1.